The number of oxazole rings is 1. The number of furan rings is 1. The Morgan fingerprint density at radius 3 is 3.07 bits per heavy atom. The summed E-state index contributed by atoms with van der Waals surface area (Å²) in [5, 5.41) is 2.99. The number of hydrogen-bond acceptors (Lipinski definition) is 4. The molecular formula is C11H14N2O2. The Kier molecular flexibility index (Phi) is 2.87. The number of aromatic nitrogens is 1. The van der Waals surface area contributed by atoms with Gasteiger partial charge in [-0.15, -0.1) is 0 Å². The largest absolute Gasteiger partial charge is 0.469 e. The maximum Gasteiger partial charge on any atom is 0.208 e. The summed E-state index contributed by atoms with van der Waals surface area (Å²) in [6, 6.07) is 1.91. The first-order chi connectivity index (χ1) is 7.35. The fourth-order valence-electron chi connectivity index (χ4n) is 1.50. The third-order valence-corrected chi connectivity index (χ3v) is 2.21. The molecule has 2 aromatic heterocycles. The lowest BCUT2D eigenvalue weighted by atomic mass is 10.2. The molecule has 0 atom stereocenters. The van der Waals surface area contributed by atoms with Crippen molar-refractivity contribution in [1.29, 1.82) is 0 Å². The van der Waals surface area contributed by atoms with Gasteiger partial charge >= 0.3 is 0 Å². The molecule has 0 saturated carbocycles. The highest BCUT2D eigenvalue weighted by molar-refractivity contribution is 5.58. The fraction of sp³-hybridized carbons (Fsp3) is 0.364. The zero-order valence-electron chi connectivity index (χ0n) is 8.91. The molecule has 0 aromatic carbocycles. The monoisotopic (exact) mass is 206 g/mol. The van der Waals surface area contributed by atoms with Crippen LogP contribution in [0.1, 0.15) is 18.6 Å². The van der Waals surface area contributed by atoms with E-state index in [1.54, 1.807) is 12.5 Å². The molecule has 1 N–H and O–H groups in total. The van der Waals surface area contributed by atoms with Crippen LogP contribution in [0.3, 0.4) is 0 Å². The summed E-state index contributed by atoms with van der Waals surface area (Å²) in [5.41, 5.74) is 0.993. The molecule has 0 radical (unpaired) electrons. The zero-order valence-corrected chi connectivity index (χ0v) is 8.91. The average molecular weight is 206 g/mol. The number of aryl methyl sites for hydroxylation is 1. The summed E-state index contributed by atoms with van der Waals surface area (Å²) in [7, 11) is 1.86. The second kappa shape index (κ2) is 4.31. The van der Waals surface area contributed by atoms with Crippen molar-refractivity contribution >= 4 is 0 Å². The van der Waals surface area contributed by atoms with Crippen molar-refractivity contribution in [3.8, 4) is 11.3 Å². The van der Waals surface area contributed by atoms with E-state index in [4.69, 9.17) is 8.83 Å². The minimum atomic E-state index is 0.638. The molecule has 0 aliphatic carbocycles. The molecule has 80 valence electrons. The molecule has 0 bridgehead atoms. The lowest BCUT2D eigenvalue weighted by molar-refractivity contribution is 0.485. The van der Waals surface area contributed by atoms with Gasteiger partial charge in [-0.2, -0.15) is 0 Å². The van der Waals surface area contributed by atoms with Crippen molar-refractivity contribution in [2.75, 3.05) is 7.05 Å². The summed E-state index contributed by atoms with van der Waals surface area (Å²) < 4.78 is 10.9. The predicted octanol–water partition coefficient (Wildman–Crippen LogP) is 2.22. The quantitative estimate of drug-likeness (QED) is 0.833. The summed E-state index contributed by atoms with van der Waals surface area (Å²) in [6.07, 6.45) is 4.26. The molecule has 15 heavy (non-hydrogen) atoms. The van der Waals surface area contributed by atoms with E-state index in [-0.39, 0.29) is 0 Å². The van der Waals surface area contributed by atoms with Gasteiger partial charge in [-0.05, 0) is 13.1 Å². The minimum absolute atomic E-state index is 0.638. The Hall–Kier alpha value is -1.55. The third kappa shape index (κ3) is 1.94. The van der Waals surface area contributed by atoms with Crippen molar-refractivity contribution in [3.63, 3.8) is 0 Å². The van der Waals surface area contributed by atoms with Gasteiger partial charge in [0.15, 0.2) is 5.76 Å². The molecule has 0 spiro atoms. The first-order valence-corrected chi connectivity index (χ1v) is 5.01. The van der Waals surface area contributed by atoms with Crippen LogP contribution in [-0.2, 0) is 13.0 Å². The van der Waals surface area contributed by atoms with Gasteiger partial charge in [0.05, 0.1) is 24.6 Å². The SMILES string of the molecule is CCc1occc1-c1cnc(CNC)o1. The smallest absolute Gasteiger partial charge is 0.208 e. The van der Waals surface area contributed by atoms with Gasteiger partial charge in [-0.3, -0.25) is 0 Å². The maximum atomic E-state index is 5.58. The van der Waals surface area contributed by atoms with Crippen molar-refractivity contribution in [3.05, 3.63) is 30.2 Å². The van der Waals surface area contributed by atoms with Crippen LogP contribution < -0.4 is 5.32 Å². The van der Waals surface area contributed by atoms with Gasteiger partial charge in [0, 0.05) is 6.42 Å². The molecule has 0 aliphatic heterocycles. The Labute approximate surface area is 88.3 Å². The fourth-order valence-corrected chi connectivity index (χ4v) is 1.50. The highest BCUT2D eigenvalue weighted by atomic mass is 16.4. The van der Waals surface area contributed by atoms with Gasteiger partial charge in [0.25, 0.3) is 0 Å². The van der Waals surface area contributed by atoms with Crippen molar-refractivity contribution in [1.82, 2.24) is 10.3 Å². The lowest BCUT2D eigenvalue weighted by Gasteiger charge is -1.95. The summed E-state index contributed by atoms with van der Waals surface area (Å²) in [4.78, 5) is 4.17. The number of rotatable bonds is 4. The van der Waals surface area contributed by atoms with Crippen molar-refractivity contribution < 1.29 is 8.83 Å². The number of nitrogens with one attached hydrogen (secondary N) is 1. The van der Waals surface area contributed by atoms with Crippen LogP contribution in [0.25, 0.3) is 11.3 Å². The summed E-state index contributed by atoms with van der Waals surface area (Å²) >= 11 is 0. The van der Waals surface area contributed by atoms with E-state index < -0.39 is 0 Å². The zero-order chi connectivity index (χ0) is 10.7. The molecule has 2 aromatic rings. The van der Waals surface area contributed by atoms with Crippen molar-refractivity contribution in [2.45, 2.75) is 19.9 Å². The normalized spacial score (nSPS) is 10.8. The van der Waals surface area contributed by atoms with Gasteiger partial charge in [-0.1, -0.05) is 6.92 Å². The van der Waals surface area contributed by atoms with E-state index in [2.05, 4.69) is 10.3 Å². The van der Waals surface area contributed by atoms with E-state index in [0.29, 0.717) is 12.4 Å². The Morgan fingerprint density at radius 2 is 2.33 bits per heavy atom. The summed E-state index contributed by atoms with van der Waals surface area (Å²) in [5.74, 6) is 2.39. The first-order valence-electron chi connectivity index (χ1n) is 5.01. The Morgan fingerprint density at radius 1 is 1.47 bits per heavy atom. The van der Waals surface area contributed by atoms with Crippen LogP contribution in [0, 0.1) is 0 Å². The highest BCUT2D eigenvalue weighted by Crippen LogP contribution is 2.25. The van der Waals surface area contributed by atoms with E-state index in [1.165, 1.54) is 0 Å². The van der Waals surface area contributed by atoms with Crippen LogP contribution in [0.5, 0.6) is 0 Å². The van der Waals surface area contributed by atoms with Gasteiger partial charge in [0.1, 0.15) is 5.76 Å². The molecular weight excluding hydrogens is 192 g/mol. The molecule has 2 heterocycles. The molecule has 0 unspecified atom stereocenters. The van der Waals surface area contributed by atoms with Gasteiger partial charge in [0.2, 0.25) is 5.89 Å². The molecule has 2 rings (SSSR count). The van der Waals surface area contributed by atoms with E-state index in [1.807, 2.05) is 20.0 Å². The molecule has 4 heteroatoms. The van der Waals surface area contributed by atoms with Crippen LogP contribution in [-0.4, -0.2) is 12.0 Å². The summed E-state index contributed by atoms with van der Waals surface area (Å²) in [6.45, 7) is 2.69. The highest BCUT2D eigenvalue weighted by Gasteiger charge is 2.11. The van der Waals surface area contributed by atoms with Crippen LogP contribution in [0.15, 0.2) is 27.4 Å². The molecule has 0 fully saturated rings. The number of hydrogen-bond donors (Lipinski definition) is 1. The first kappa shape index (κ1) is 9.98. The lowest BCUT2D eigenvalue weighted by Crippen LogP contribution is -2.04. The predicted molar refractivity (Wildman–Crippen MR) is 56.3 cm³/mol. The second-order valence-corrected chi connectivity index (χ2v) is 3.26. The minimum Gasteiger partial charge on any atom is -0.469 e. The number of nitrogens with zero attached hydrogens (tertiary/aromatic N) is 1. The van der Waals surface area contributed by atoms with E-state index in [0.717, 1.165) is 23.5 Å². The average Bonchev–Trinajstić information content (AvgIpc) is 2.84. The molecule has 0 saturated heterocycles. The van der Waals surface area contributed by atoms with Crippen LogP contribution in [0.4, 0.5) is 0 Å². The topological polar surface area (TPSA) is 51.2 Å². The Bertz CT molecular complexity index is 431. The second-order valence-electron chi connectivity index (χ2n) is 3.26. The third-order valence-electron chi connectivity index (χ3n) is 2.21. The molecule has 0 amide bonds. The van der Waals surface area contributed by atoms with Gasteiger partial charge < -0.3 is 14.2 Å². The van der Waals surface area contributed by atoms with E-state index in [9.17, 15) is 0 Å². The Balaban J connectivity index is 2.28. The van der Waals surface area contributed by atoms with Crippen LogP contribution >= 0.6 is 0 Å². The molecule has 0 aliphatic rings. The van der Waals surface area contributed by atoms with Crippen molar-refractivity contribution in [2.24, 2.45) is 0 Å². The van der Waals surface area contributed by atoms with E-state index >= 15 is 0 Å². The standard InChI is InChI=1S/C11H14N2O2/c1-3-9-8(4-5-14-9)10-6-13-11(15-10)7-12-2/h4-6,12H,3,7H2,1-2H3. The maximum absolute atomic E-state index is 5.58. The van der Waals surface area contributed by atoms with Crippen LogP contribution in [0.2, 0.25) is 0 Å². The molecule has 4 nitrogen and oxygen atoms in total. The van der Waals surface area contributed by atoms with Gasteiger partial charge in [-0.25, -0.2) is 4.98 Å².